The molecule has 19 heavy (non-hydrogen) atoms. The number of hydrogen-bond acceptors (Lipinski definition) is 3. The fraction of sp³-hybridized carbons (Fsp3) is 0.625. The molecule has 0 bridgehead atoms. The molecular formula is C16H24O3. The Hall–Kier alpha value is -1.22. The summed E-state index contributed by atoms with van der Waals surface area (Å²) in [5.74, 6) is 2.42. The number of benzene rings is 1. The van der Waals surface area contributed by atoms with Crippen LogP contribution in [0.15, 0.2) is 12.1 Å². The summed E-state index contributed by atoms with van der Waals surface area (Å²) in [5.41, 5.74) is 2.51. The topological polar surface area (TPSA) is 38.7 Å². The van der Waals surface area contributed by atoms with Crippen molar-refractivity contribution in [2.24, 2.45) is 5.92 Å². The highest BCUT2D eigenvalue weighted by molar-refractivity contribution is 5.46. The van der Waals surface area contributed by atoms with E-state index in [0.717, 1.165) is 43.6 Å². The van der Waals surface area contributed by atoms with Crippen LogP contribution < -0.4 is 9.47 Å². The van der Waals surface area contributed by atoms with Crippen LogP contribution in [-0.4, -0.2) is 25.4 Å². The molecule has 0 spiro atoms. The van der Waals surface area contributed by atoms with Crippen LogP contribution in [-0.2, 0) is 6.42 Å². The fourth-order valence-corrected chi connectivity index (χ4v) is 2.95. The highest BCUT2D eigenvalue weighted by atomic mass is 16.5. The SMILES string of the molecule is COc1cc(C)c(CC2CCC(O)CC2)c(OC)c1. The van der Waals surface area contributed by atoms with Crippen LogP contribution in [0.2, 0.25) is 0 Å². The van der Waals surface area contributed by atoms with Crippen molar-refractivity contribution in [1.82, 2.24) is 0 Å². The van der Waals surface area contributed by atoms with Gasteiger partial charge in [0.05, 0.1) is 20.3 Å². The van der Waals surface area contributed by atoms with Crippen molar-refractivity contribution >= 4 is 0 Å². The van der Waals surface area contributed by atoms with Crippen molar-refractivity contribution in [1.29, 1.82) is 0 Å². The Balaban J connectivity index is 2.15. The van der Waals surface area contributed by atoms with Crippen molar-refractivity contribution in [3.8, 4) is 11.5 Å². The molecule has 0 aliphatic heterocycles. The molecule has 1 aromatic rings. The van der Waals surface area contributed by atoms with E-state index in [1.165, 1.54) is 11.1 Å². The van der Waals surface area contributed by atoms with Gasteiger partial charge in [-0.05, 0) is 62.1 Å². The molecule has 1 N–H and O–H groups in total. The van der Waals surface area contributed by atoms with Crippen molar-refractivity contribution in [3.05, 3.63) is 23.3 Å². The second-order valence-corrected chi connectivity index (χ2v) is 5.50. The van der Waals surface area contributed by atoms with Crippen molar-refractivity contribution in [2.75, 3.05) is 14.2 Å². The lowest BCUT2D eigenvalue weighted by Gasteiger charge is -2.26. The Bertz CT molecular complexity index is 420. The van der Waals surface area contributed by atoms with Crippen LogP contribution in [0.25, 0.3) is 0 Å². The third kappa shape index (κ3) is 3.41. The molecule has 0 unspecified atom stereocenters. The van der Waals surface area contributed by atoms with Gasteiger partial charge in [0.2, 0.25) is 0 Å². The minimum atomic E-state index is -0.0879. The molecule has 1 aliphatic rings. The molecule has 1 saturated carbocycles. The number of aliphatic hydroxyl groups is 1. The first-order valence-corrected chi connectivity index (χ1v) is 7.03. The third-order valence-corrected chi connectivity index (χ3v) is 4.17. The Morgan fingerprint density at radius 1 is 1.11 bits per heavy atom. The van der Waals surface area contributed by atoms with Crippen LogP contribution in [0.1, 0.15) is 36.8 Å². The van der Waals surface area contributed by atoms with Gasteiger partial charge >= 0.3 is 0 Å². The van der Waals surface area contributed by atoms with E-state index in [2.05, 4.69) is 13.0 Å². The van der Waals surface area contributed by atoms with E-state index in [-0.39, 0.29) is 6.10 Å². The number of rotatable bonds is 4. The van der Waals surface area contributed by atoms with Gasteiger partial charge in [-0.3, -0.25) is 0 Å². The summed E-state index contributed by atoms with van der Waals surface area (Å²) in [4.78, 5) is 0. The van der Waals surface area contributed by atoms with E-state index in [1.54, 1.807) is 14.2 Å². The fourth-order valence-electron chi connectivity index (χ4n) is 2.95. The first-order valence-electron chi connectivity index (χ1n) is 7.03. The van der Waals surface area contributed by atoms with Gasteiger partial charge in [0, 0.05) is 6.07 Å². The zero-order valence-corrected chi connectivity index (χ0v) is 12.1. The molecule has 2 rings (SSSR count). The van der Waals surface area contributed by atoms with E-state index < -0.39 is 0 Å². The van der Waals surface area contributed by atoms with Crippen LogP contribution in [0.3, 0.4) is 0 Å². The Labute approximate surface area is 115 Å². The Morgan fingerprint density at radius 3 is 2.37 bits per heavy atom. The predicted molar refractivity (Wildman–Crippen MR) is 76.0 cm³/mol. The molecule has 1 fully saturated rings. The third-order valence-electron chi connectivity index (χ3n) is 4.17. The molecule has 1 aromatic carbocycles. The van der Waals surface area contributed by atoms with E-state index in [1.807, 2.05) is 6.07 Å². The zero-order chi connectivity index (χ0) is 13.8. The van der Waals surface area contributed by atoms with Crippen molar-refractivity contribution in [2.45, 2.75) is 45.1 Å². The van der Waals surface area contributed by atoms with Crippen LogP contribution in [0.4, 0.5) is 0 Å². The van der Waals surface area contributed by atoms with Gasteiger partial charge in [-0.2, -0.15) is 0 Å². The Morgan fingerprint density at radius 2 is 1.79 bits per heavy atom. The molecule has 3 nitrogen and oxygen atoms in total. The highest BCUT2D eigenvalue weighted by Gasteiger charge is 2.22. The summed E-state index contributed by atoms with van der Waals surface area (Å²) < 4.78 is 10.8. The lowest BCUT2D eigenvalue weighted by atomic mass is 9.82. The second kappa shape index (κ2) is 6.29. The van der Waals surface area contributed by atoms with Gasteiger partial charge in [0.25, 0.3) is 0 Å². The van der Waals surface area contributed by atoms with Gasteiger partial charge in [0.1, 0.15) is 11.5 Å². The maximum absolute atomic E-state index is 9.58. The normalized spacial score (nSPS) is 23.2. The maximum Gasteiger partial charge on any atom is 0.126 e. The highest BCUT2D eigenvalue weighted by Crippen LogP contribution is 2.34. The van der Waals surface area contributed by atoms with Crippen LogP contribution in [0, 0.1) is 12.8 Å². The molecule has 0 aromatic heterocycles. The lowest BCUT2D eigenvalue weighted by molar-refractivity contribution is 0.108. The Kier molecular flexibility index (Phi) is 4.70. The molecule has 3 heteroatoms. The quantitative estimate of drug-likeness (QED) is 0.908. The van der Waals surface area contributed by atoms with E-state index >= 15 is 0 Å². The maximum atomic E-state index is 9.58. The van der Waals surface area contributed by atoms with Crippen molar-refractivity contribution < 1.29 is 14.6 Å². The predicted octanol–water partition coefficient (Wildman–Crippen LogP) is 3.11. The summed E-state index contributed by atoms with van der Waals surface area (Å²) in [6, 6.07) is 4.02. The zero-order valence-electron chi connectivity index (χ0n) is 12.1. The standard InChI is InChI=1S/C16H24O3/c1-11-8-14(18-2)10-16(19-3)15(11)9-12-4-6-13(17)7-5-12/h8,10,12-13,17H,4-7,9H2,1-3H3. The first kappa shape index (κ1) is 14.2. The van der Waals surface area contributed by atoms with Gasteiger partial charge in [-0.15, -0.1) is 0 Å². The van der Waals surface area contributed by atoms with Gasteiger partial charge in [-0.25, -0.2) is 0 Å². The minimum absolute atomic E-state index is 0.0879. The van der Waals surface area contributed by atoms with Crippen LogP contribution >= 0.6 is 0 Å². The number of aryl methyl sites for hydroxylation is 1. The molecular weight excluding hydrogens is 240 g/mol. The van der Waals surface area contributed by atoms with Crippen molar-refractivity contribution in [3.63, 3.8) is 0 Å². The number of methoxy groups -OCH3 is 2. The molecule has 106 valence electrons. The monoisotopic (exact) mass is 264 g/mol. The summed E-state index contributed by atoms with van der Waals surface area (Å²) in [5, 5.41) is 9.58. The number of ether oxygens (including phenoxy) is 2. The van der Waals surface area contributed by atoms with Gasteiger partial charge in [0.15, 0.2) is 0 Å². The average molecular weight is 264 g/mol. The molecule has 0 amide bonds. The van der Waals surface area contributed by atoms with E-state index in [4.69, 9.17) is 9.47 Å². The first-order chi connectivity index (χ1) is 9.13. The number of hydrogen-bond donors (Lipinski definition) is 1. The average Bonchev–Trinajstić information content (AvgIpc) is 2.43. The molecule has 0 heterocycles. The summed E-state index contributed by atoms with van der Waals surface area (Å²) in [6.07, 6.45) is 5.02. The van der Waals surface area contributed by atoms with Gasteiger partial charge < -0.3 is 14.6 Å². The van der Waals surface area contributed by atoms with E-state index in [9.17, 15) is 5.11 Å². The summed E-state index contributed by atoms with van der Waals surface area (Å²) in [6.45, 7) is 2.11. The lowest BCUT2D eigenvalue weighted by Crippen LogP contribution is -2.20. The van der Waals surface area contributed by atoms with E-state index in [0.29, 0.717) is 5.92 Å². The molecule has 0 radical (unpaired) electrons. The minimum Gasteiger partial charge on any atom is -0.497 e. The summed E-state index contributed by atoms with van der Waals surface area (Å²) in [7, 11) is 3.39. The molecule has 0 atom stereocenters. The van der Waals surface area contributed by atoms with Crippen LogP contribution in [0.5, 0.6) is 11.5 Å². The molecule has 1 aliphatic carbocycles. The smallest absolute Gasteiger partial charge is 0.126 e. The number of aliphatic hydroxyl groups excluding tert-OH is 1. The largest absolute Gasteiger partial charge is 0.497 e. The van der Waals surface area contributed by atoms with Gasteiger partial charge in [-0.1, -0.05) is 0 Å². The summed E-state index contributed by atoms with van der Waals surface area (Å²) >= 11 is 0. The molecule has 0 saturated heterocycles. The second-order valence-electron chi connectivity index (χ2n) is 5.50.